The molecular weight excluding hydrogens is 342 g/mol. The number of nitrogens with zero attached hydrogens (tertiary/aromatic N) is 2. The normalized spacial score (nSPS) is 10.1. The van der Waals surface area contributed by atoms with Crippen LogP contribution in [0.4, 0.5) is 17.1 Å². The molecule has 2 amide bonds. The van der Waals surface area contributed by atoms with Crippen molar-refractivity contribution < 1.29 is 9.59 Å². The van der Waals surface area contributed by atoms with Gasteiger partial charge in [0.15, 0.2) is 0 Å². The van der Waals surface area contributed by atoms with Crippen LogP contribution in [0.2, 0.25) is 0 Å². The second kappa shape index (κ2) is 8.57. The summed E-state index contributed by atoms with van der Waals surface area (Å²) in [5.41, 5.74) is 3.52. The fourth-order valence-corrected chi connectivity index (χ4v) is 2.41. The monoisotopic (exact) mass is 361 g/mol. The summed E-state index contributed by atoms with van der Waals surface area (Å²) in [4.78, 5) is 31.7. The van der Waals surface area contributed by atoms with E-state index < -0.39 is 0 Å². The van der Waals surface area contributed by atoms with E-state index in [-0.39, 0.29) is 11.8 Å². The molecule has 7 nitrogen and oxygen atoms in total. The van der Waals surface area contributed by atoms with E-state index in [9.17, 15) is 9.59 Å². The zero-order valence-electron chi connectivity index (χ0n) is 14.8. The smallest absolute Gasteiger partial charge is 0.257 e. The molecular formula is C20H19N5O2. The number of aromatic nitrogens is 2. The van der Waals surface area contributed by atoms with Gasteiger partial charge in [0.1, 0.15) is 0 Å². The summed E-state index contributed by atoms with van der Waals surface area (Å²) in [5, 5.41) is 8.71. The molecule has 0 saturated carbocycles. The van der Waals surface area contributed by atoms with Crippen LogP contribution in [0.3, 0.4) is 0 Å². The highest BCUT2D eigenvalue weighted by Gasteiger charge is 2.08. The molecule has 7 heteroatoms. The van der Waals surface area contributed by atoms with Crippen LogP contribution in [0.25, 0.3) is 0 Å². The maximum absolute atomic E-state index is 12.4. The van der Waals surface area contributed by atoms with Crippen molar-refractivity contribution >= 4 is 28.9 Å². The van der Waals surface area contributed by atoms with E-state index in [1.54, 1.807) is 48.9 Å². The number of rotatable bonds is 6. The Bertz CT molecular complexity index is 927. The Kier molecular flexibility index (Phi) is 5.73. The van der Waals surface area contributed by atoms with Gasteiger partial charge >= 0.3 is 0 Å². The Morgan fingerprint density at radius 3 is 2.30 bits per heavy atom. The molecule has 3 N–H and O–H groups in total. The van der Waals surface area contributed by atoms with Crippen molar-refractivity contribution in [2.75, 3.05) is 16.0 Å². The van der Waals surface area contributed by atoms with Gasteiger partial charge in [-0.05, 0) is 42.0 Å². The van der Waals surface area contributed by atoms with Crippen molar-refractivity contribution in [2.24, 2.45) is 0 Å². The molecule has 0 radical (unpaired) electrons. The van der Waals surface area contributed by atoms with Gasteiger partial charge in [-0.15, -0.1) is 0 Å². The number of hydrogen-bond donors (Lipinski definition) is 3. The van der Waals surface area contributed by atoms with Crippen LogP contribution < -0.4 is 16.0 Å². The molecule has 0 spiro atoms. The van der Waals surface area contributed by atoms with E-state index in [1.165, 1.54) is 13.1 Å². The third-order valence-corrected chi connectivity index (χ3v) is 3.68. The zero-order valence-corrected chi connectivity index (χ0v) is 14.8. The van der Waals surface area contributed by atoms with Crippen LogP contribution in [0.15, 0.2) is 67.3 Å². The summed E-state index contributed by atoms with van der Waals surface area (Å²) in [6, 6.07) is 12.5. The molecule has 0 atom stereocenters. The van der Waals surface area contributed by atoms with Crippen molar-refractivity contribution in [3.8, 4) is 0 Å². The third-order valence-electron chi connectivity index (χ3n) is 3.68. The standard InChI is InChI=1S/C20H19N5O2/c1-14(26)24-17-4-6-18(7-5-17)25-20(27)16-9-19(13-22-12-16)23-11-15-3-2-8-21-10-15/h2-10,12-13,23H,11H2,1H3,(H,24,26)(H,25,27). The molecule has 3 aromatic rings. The summed E-state index contributed by atoms with van der Waals surface area (Å²) >= 11 is 0. The fourth-order valence-electron chi connectivity index (χ4n) is 2.41. The van der Waals surface area contributed by atoms with Crippen LogP contribution in [-0.2, 0) is 11.3 Å². The van der Waals surface area contributed by atoms with Gasteiger partial charge in [-0.1, -0.05) is 6.07 Å². The number of pyridine rings is 2. The van der Waals surface area contributed by atoms with Crippen molar-refractivity contribution in [1.29, 1.82) is 0 Å². The number of benzene rings is 1. The SMILES string of the molecule is CC(=O)Nc1ccc(NC(=O)c2cncc(NCc3cccnc3)c2)cc1. The molecule has 2 heterocycles. The molecule has 136 valence electrons. The molecule has 0 fully saturated rings. The average molecular weight is 361 g/mol. The van der Waals surface area contributed by atoms with Gasteiger partial charge < -0.3 is 16.0 Å². The van der Waals surface area contributed by atoms with Crippen molar-refractivity contribution in [1.82, 2.24) is 9.97 Å². The maximum Gasteiger partial charge on any atom is 0.257 e. The Hall–Kier alpha value is -3.74. The number of anilines is 3. The molecule has 0 aliphatic heterocycles. The number of amides is 2. The van der Waals surface area contributed by atoms with E-state index in [1.807, 2.05) is 12.1 Å². The molecule has 0 aliphatic rings. The van der Waals surface area contributed by atoms with Crippen LogP contribution in [-0.4, -0.2) is 21.8 Å². The minimum Gasteiger partial charge on any atom is -0.380 e. The van der Waals surface area contributed by atoms with Crippen LogP contribution >= 0.6 is 0 Å². The van der Waals surface area contributed by atoms with E-state index in [0.29, 0.717) is 23.5 Å². The second-order valence-corrected chi connectivity index (χ2v) is 5.89. The Morgan fingerprint density at radius 1 is 0.889 bits per heavy atom. The predicted octanol–water partition coefficient (Wildman–Crippen LogP) is 3.30. The lowest BCUT2D eigenvalue weighted by Crippen LogP contribution is -2.13. The predicted molar refractivity (Wildman–Crippen MR) is 104 cm³/mol. The summed E-state index contributed by atoms with van der Waals surface area (Å²) in [5.74, 6) is -0.409. The van der Waals surface area contributed by atoms with Gasteiger partial charge in [0, 0.05) is 49.6 Å². The van der Waals surface area contributed by atoms with Crippen molar-refractivity contribution in [2.45, 2.75) is 13.5 Å². The molecule has 0 saturated heterocycles. The van der Waals surface area contributed by atoms with Gasteiger partial charge in [0.05, 0.1) is 11.3 Å². The second-order valence-electron chi connectivity index (χ2n) is 5.89. The van der Waals surface area contributed by atoms with Crippen LogP contribution in [0, 0.1) is 0 Å². The molecule has 0 unspecified atom stereocenters. The number of hydrogen-bond acceptors (Lipinski definition) is 5. The van der Waals surface area contributed by atoms with Crippen molar-refractivity contribution in [3.05, 3.63) is 78.4 Å². The van der Waals surface area contributed by atoms with E-state index in [0.717, 1.165) is 11.3 Å². The Balaban J connectivity index is 1.62. The highest BCUT2D eigenvalue weighted by Crippen LogP contribution is 2.16. The molecule has 2 aromatic heterocycles. The lowest BCUT2D eigenvalue weighted by Gasteiger charge is -2.09. The van der Waals surface area contributed by atoms with Gasteiger partial charge in [-0.2, -0.15) is 0 Å². The van der Waals surface area contributed by atoms with Crippen molar-refractivity contribution in [3.63, 3.8) is 0 Å². The summed E-state index contributed by atoms with van der Waals surface area (Å²) in [7, 11) is 0. The quantitative estimate of drug-likeness (QED) is 0.626. The van der Waals surface area contributed by atoms with E-state index in [2.05, 4.69) is 25.9 Å². The first-order valence-electron chi connectivity index (χ1n) is 8.37. The maximum atomic E-state index is 12.4. The van der Waals surface area contributed by atoms with Gasteiger partial charge in [0.2, 0.25) is 5.91 Å². The first-order valence-corrected chi connectivity index (χ1v) is 8.37. The summed E-state index contributed by atoms with van der Waals surface area (Å²) < 4.78 is 0. The first kappa shape index (κ1) is 18.1. The molecule has 3 rings (SSSR count). The molecule has 0 bridgehead atoms. The lowest BCUT2D eigenvalue weighted by atomic mass is 10.2. The Labute approximate surface area is 156 Å². The zero-order chi connectivity index (χ0) is 19.1. The van der Waals surface area contributed by atoms with E-state index in [4.69, 9.17) is 0 Å². The van der Waals surface area contributed by atoms with Gasteiger partial charge in [-0.3, -0.25) is 19.6 Å². The lowest BCUT2D eigenvalue weighted by molar-refractivity contribution is -0.114. The van der Waals surface area contributed by atoms with Gasteiger partial charge in [0.25, 0.3) is 5.91 Å². The summed E-state index contributed by atoms with van der Waals surface area (Å²) in [6.45, 7) is 2.03. The summed E-state index contributed by atoms with van der Waals surface area (Å²) in [6.07, 6.45) is 6.67. The highest BCUT2D eigenvalue weighted by atomic mass is 16.2. The van der Waals surface area contributed by atoms with Crippen LogP contribution in [0.1, 0.15) is 22.8 Å². The minimum atomic E-state index is -0.264. The highest BCUT2D eigenvalue weighted by molar-refractivity contribution is 6.04. The number of nitrogens with one attached hydrogen (secondary N) is 3. The van der Waals surface area contributed by atoms with E-state index >= 15 is 0 Å². The molecule has 27 heavy (non-hydrogen) atoms. The number of carbonyl (C=O) groups is 2. The largest absolute Gasteiger partial charge is 0.380 e. The van der Waals surface area contributed by atoms with Gasteiger partial charge in [-0.25, -0.2) is 0 Å². The third kappa shape index (κ3) is 5.37. The minimum absolute atomic E-state index is 0.145. The Morgan fingerprint density at radius 2 is 1.63 bits per heavy atom. The topological polar surface area (TPSA) is 96.0 Å². The molecule has 0 aliphatic carbocycles. The average Bonchev–Trinajstić information content (AvgIpc) is 2.68. The number of carbonyl (C=O) groups excluding carboxylic acids is 2. The first-order chi connectivity index (χ1) is 13.1. The van der Waals surface area contributed by atoms with Crippen LogP contribution in [0.5, 0.6) is 0 Å². The molecule has 1 aromatic carbocycles. The fraction of sp³-hybridized carbons (Fsp3) is 0.100.